The van der Waals surface area contributed by atoms with Gasteiger partial charge in [0.2, 0.25) is 0 Å². The van der Waals surface area contributed by atoms with Crippen LogP contribution in [0.4, 0.5) is 0 Å². The quantitative estimate of drug-likeness (QED) is 0.584. The molecule has 3 nitrogen and oxygen atoms in total. The van der Waals surface area contributed by atoms with Crippen LogP contribution in [0.15, 0.2) is 12.7 Å². The van der Waals surface area contributed by atoms with E-state index in [0.717, 1.165) is 6.42 Å². The second kappa shape index (κ2) is 4.53. The van der Waals surface area contributed by atoms with Gasteiger partial charge in [0.25, 0.3) is 0 Å². The molecule has 1 fully saturated rings. The first-order valence-electron chi connectivity index (χ1n) is 4.59. The number of carbonyl (C=O) groups is 1. The van der Waals surface area contributed by atoms with Crippen LogP contribution in [-0.4, -0.2) is 31.2 Å². The Morgan fingerprint density at radius 2 is 2.38 bits per heavy atom. The highest BCUT2D eigenvalue weighted by molar-refractivity contribution is 5.89. The summed E-state index contributed by atoms with van der Waals surface area (Å²) in [5, 5.41) is 0. The topological polar surface area (TPSA) is 35.5 Å². The normalized spacial score (nSPS) is 19.2. The van der Waals surface area contributed by atoms with E-state index in [-0.39, 0.29) is 11.4 Å². The first-order valence-corrected chi connectivity index (χ1v) is 4.59. The van der Waals surface area contributed by atoms with Gasteiger partial charge in [-0.25, -0.2) is 0 Å². The van der Waals surface area contributed by atoms with Crippen molar-refractivity contribution in [1.82, 2.24) is 0 Å². The molecule has 1 aliphatic heterocycles. The van der Waals surface area contributed by atoms with Crippen molar-refractivity contribution in [2.45, 2.75) is 25.4 Å². The lowest BCUT2D eigenvalue weighted by Gasteiger charge is -2.40. The molecule has 0 bridgehead atoms. The number of rotatable bonds is 6. The maximum Gasteiger partial charge on any atom is 0.157 e. The van der Waals surface area contributed by atoms with Crippen molar-refractivity contribution in [3.63, 3.8) is 0 Å². The maximum atomic E-state index is 10.9. The zero-order valence-electron chi connectivity index (χ0n) is 8.04. The molecule has 0 aromatic carbocycles. The Labute approximate surface area is 78.7 Å². The van der Waals surface area contributed by atoms with Gasteiger partial charge in [0, 0.05) is 6.42 Å². The third-order valence-corrected chi connectivity index (χ3v) is 2.36. The molecule has 13 heavy (non-hydrogen) atoms. The highest BCUT2D eigenvalue weighted by atomic mass is 16.6. The minimum absolute atomic E-state index is 0.0338. The van der Waals surface area contributed by atoms with E-state index in [4.69, 9.17) is 9.47 Å². The predicted molar refractivity (Wildman–Crippen MR) is 49.6 cm³/mol. The molecule has 0 aromatic rings. The molecule has 0 spiro atoms. The maximum absolute atomic E-state index is 10.9. The smallest absolute Gasteiger partial charge is 0.157 e. The molecule has 3 heteroatoms. The molecule has 1 rings (SSSR count). The number of carbonyl (C=O) groups excluding carboxylic acids is 1. The summed E-state index contributed by atoms with van der Waals surface area (Å²) in [7, 11) is 0. The molecule has 0 radical (unpaired) electrons. The van der Waals surface area contributed by atoms with E-state index in [1.165, 1.54) is 6.08 Å². The molecule has 0 N–H and O–H groups in total. The van der Waals surface area contributed by atoms with Crippen LogP contribution in [0.25, 0.3) is 0 Å². The number of hydrogen-bond donors (Lipinski definition) is 0. The van der Waals surface area contributed by atoms with Gasteiger partial charge in [-0.15, -0.1) is 0 Å². The van der Waals surface area contributed by atoms with E-state index in [9.17, 15) is 4.79 Å². The SMILES string of the molecule is C=CC(=O)CCOC1(CC)COC1. The molecule has 1 heterocycles. The Hall–Kier alpha value is -0.670. The monoisotopic (exact) mass is 184 g/mol. The van der Waals surface area contributed by atoms with Gasteiger partial charge < -0.3 is 9.47 Å². The first kappa shape index (κ1) is 10.4. The number of allylic oxidation sites excluding steroid dienone is 1. The van der Waals surface area contributed by atoms with Crippen LogP contribution in [0.1, 0.15) is 19.8 Å². The van der Waals surface area contributed by atoms with Gasteiger partial charge in [0.1, 0.15) is 5.60 Å². The zero-order valence-corrected chi connectivity index (χ0v) is 8.04. The van der Waals surface area contributed by atoms with Gasteiger partial charge in [0.05, 0.1) is 19.8 Å². The summed E-state index contributed by atoms with van der Waals surface area (Å²) >= 11 is 0. The Balaban J connectivity index is 2.17. The summed E-state index contributed by atoms with van der Waals surface area (Å²) in [5.41, 5.74) is -0.110. The van der Waals surface area contributed by atoms with Gasteiger partial charge in [-0.1, -0.05) is 13.5 Å². The van der Waals surface area contributed by atoms with Gasteiger partial charge in [-0.3, -0.25) is 4.79 Å². The summed E-state index contributed by atoms with van der Waals surface area (Å²) in [6.07, 6.45) is 2.69. The van der Waals surface area contributed by atoms with Crippen LogP contribution in [-0.2, 0) is 14.3 Å². The average Bonchev–Trinajstić information content (AvgIpc) is 2.09. The van der Waals surface area contributed by atoms with E-state index in [2.05, 4.69) is 13.5 Å². The summed E-state index contributed by atoms with van der Waals surface area (Å²) in [5.74, 6) is 0.0338. The third-order valence-electron chi connectivity index (χ3n) is 2.36. The number of ether oxygens (including phenoxy) is 2. The van der Waals surface area contributed by atoms with E-state index in [1.807, 2.05) is 0 Å². The molecule has 0 saturated carbocycles. The van der Waals surface area contributed by atoms with Gasteiger partial charge in [-0.2, -0.15) is 0 Å². The fourth-order valence-electron chi connectivity index (χ4n) is 1.19. The molecular weight excluding hydrogens is 168 g/mol. The number of hydrogen-bond acceptors (Lipinski definition) is 3. The van der Waals surface area contributed by atoms with Crippen molar-refractivity contribution in [2.75, 3.05) is 19.8 Å². The number of ketones is 1. The predicted octanol–water partition coefficient (Wildman–Crippen LogP) is 1.33. The van der Waals surface area contributed by atoms with Crippen LogP contribution < -0.4 is 0 Å². The van der Waals surface area contributed by atoms with Crippen LogP contribution >= 0.6 is 0 Å². The standard InChI is InChI=1S/C10H16O3/c1-3-9(11)5-6-13-10(4-2)7-12-8-10/h3H,1,4-8H2,2H3. The van der Waals surface area contributed by atoms with Crippen molar-refractivity contribution < 1.29 is 14.3 Å². The van der Waals surface area contributed by atoms with E-state index in [1.54, 1.807) is 0 Å². The van der Waals surface area contributed by atoms with Gasteiger partial charge in [-0.05, 0) is 12.5 Å². The highest BCUT2D eigenvalue weighted by Gasteiger charge is 2.37. The molecule has 0 unspecified atom stereocenters. The van der Waals surface area contributed by atoms with E-state index in [0.29, 0.717) is 26.2 Å². The van der Waals surface area contributed by atoms with Crippen LogP contribution in [0.5, 0.6) is 0 Å². The van der Waals surface area contributed by atoms with E-state index >= 15 is 0 Å². The summed E-state index contributed by atoms with van der Waals surface area (Å²) in [6, 6.07) is 0. The molecule has 1 aliphatic rings. The molecule has 1 saturated heterocycles. The summed E-state index contributed by atoms with van der Waals surface area (Å²) in [6.45, 7) is 7.26. The largest absolute Gasteiger partial charge is 0.375 e. The van der Waals surface area contributed by atoms with Crippen LogP contribution in [0.3, 0.4) is 0 Å². The summed E-state index contributed by atoms with van der Waals surface area (Å²) in [4.78, 5) is 10.9. The Morgan fingerprint density at radius 1 is 1.69 bits per heavy atom. The fourth-order valence-corrected chi connectivity index (χ4v) is 1.19. The molecule has 0 atom stereocenters. The summed E-state index contributed by atoms with van der Waals surface area (Å²) < 4.78 is 10.7. The minimum Gasteiger partial charge on any atom is -0.375 e. The Kier molecular flexibility index (Phi) is 3.63. The second-order valence-corrected chi connectivity index (χ2v) is 3.30. The van der Waals surface area contributed by atoms with Crippen LogP contribution in [0.2, 0.25) is 0 Å². The third kappa shape index (κ3) is 2.64. The average molecular weight is 184 g/mol. The lowest BCUT2D eigenvalue weighted by molar-refractivity contribution is -0.210. The molecular formula is C10H16O3. The first-order chi connectivity index (χ1) is 6.22. The van der Waals surface area contributed by atoms with E-state index < -0.39 is 0 Å². The lowest BCUT2D eigenvalue weighted by Crippen LogP contribution is -2.51. The van der Waals surface area contributed by atoms with Crippen LogP contribution in [0, 0.1) is 0 Å². The molecule has 0 amide bonds. The lowest BCUT2D eigenvalue weighted by atomic mass is 9.99. The molecule has 74 valence electrons. The zero-order chi connectivity index (χ0) is 9.73. The van der Waals surface area contributed by atoms with Gasteiger partial charge in [0.15, 0.2) is 5.78 Å². The second-order valence-electron chi connectivity index (χ2n) is 3.30. The Bertz CT molecular complexity index is 189. The minimum atomic E-state index is -0.110. The van der Waals surface area contributed by atoms with Crippen molar-refractivity contribution in [1.29, 1.82) is 0 Å². The molecule has 0 aliphatic carbocycles. The highest BCUT2D eigenvalue weighted by Crippen LogP contribution is 2.25. The fraction of sp³-hybridized carbons (Fsp3) is 0.700. The van der Waals surface area contributed by atoms with Crippen molar-refractivity contribution >= 4 is 5.78 Å². The van der Waals surface area contributed by atoms with Gasteiger partial charge >= 0.3 is 0 Å². The van der Waals surface area contributed by atoms with Crippen molar-refractivity contribution in [3.05, 3.63) is 12.7 Å². The van der Waals surface area contributed by atoms with Crippen molar-refractivity contribution in [2.24, 2.45) is 0 Å². The Morgan fingerprint density at radius 3 is 2.77 bits per heavy atom. The van der Waals surface area contributed by atoms with Crippen molar-refractivity contribution in [3.8, 4) is 0 Å². The molecule has 0 aromatic heterocycles.